The molecule has 1 aliphatic heterocycles. The molecule has 308 valence electrons. The molecule has 0 bridgehead atoms. The minimum absolute atomic E-state index is 0.00225. The van der Waals surface area contributed by atoms with Gasteiger partial charge in [0, 0.05) is 63.4 Å². The molecule has 1 saturated heterocycles. The highest BCUT2D eigenvalue weighted by Crippen LogP contribution is 2.31. The molecule has 10 atom stereocenters. The van der Waals surface area contributed by atoms with Crippen molar-refractivity contribution < 1.29 is 33.4 Å². The van der Waals surface area contributed by atoms with E-state index in [1.54, 1.807) is 30.7 Å². The molecule has 2 rings (SSSR count). The van der Waals surface area contributed by atoms with Crippen molar-refractivity contribution in [1.82, 2.24) is 14.7 Å². The maximum atomic E-state index is 14.4. The second-order valence-electron chi connectivity index (χ2n) is 15.9. The highest BCUT2D eigenvalue weighted by atomic mass is 16.5. The number of nitrogens with two attached hydrogens (primary N) is 1. The summed E-state index contributed by atoms with van der Waals surface area (Å²) < 4.78 is 11.9. The number of azide groups is 1. The summed E-state index contributed by atoms with van der Waals surface area (Å²) in [7, 11) is 8.36. The fourth-order valence-corrected chi connectivity index (χ4v) is 8.42. The average molecular weight is 770 g/mol. The van der Waals surface area contributed by atoms with Gasteiger partial charge < -0.3 is 25.0 Å². The molecule has 0 saturated carbocycles. The highest BCUT2D eigenvalue weighted by molar-refractivity contribution is 5.90. The number of carbonyl (C=O) groups excluding carboxylic acids is 5. The summed E-state index contributed by atoms with van der Waals surface area (Å²) >= 11 is 0. The maximum Gasteiger partial charge on any atom is 0.226 e. The first-order valence-corrected chi connectivity index (χ1v) is 19.7. The molecule has 55 heavy (non-hydrogen) atoms. The van der Waals surface area contributed by atoms with Gasteiger partial charge in [0.25, 0.3) is 0 Å². The predicted molar refractivity (Wildman–Crippen MR) is 213 cm³/mol. The van der Waals surface area contributed by atoms with Crippen LogP contribution in [0.5, 0.6) is 0 Å². The van der Waals surface area contributed by atoms with Gasteiger partial charge in [-0.1, -0.05) is 83.4 Å². The van der Waals surface area contributed by atoms with Gasteiger partial charge in [0.05, 0.1) is 42.7 Å². The third kappa shape index (κ3) is 12.8. The topological polar surface area (TPSA) is 188 Å². The first kappa shape index (κ1) is 47.3. The molecule has 3 amide bonds. The van der Waals surface area contributed by atoms with Crippen molar-refractivity contribution in [2.24, 2.45) is 40.4 Å². The number of likely N-dealkylation sites (N-methyl/N-ethyl adjacent to an activating group) is 2. The van der Waals surface area contributed by atoms with Crippen molar-refractivity contribution in [1.29, 1.82) is 0 Å². The van der Waals surface area contributed by atoms with E-state index in [1.165, 1.54) is 14.2 Å². The number of methoxy groups -OCH3 is 2. The smallest absolute Gasteiger partial charge is 0.226 e. The SMILES string of the molecule is CC[C@H](C)[C@@H]([C@@H](CC(=O)N1CCC[C@H]1[C@H](OC)[C@@H](C)C(=O)C[C@@H](Cc1ccccc1)C(N)=O)OC)N(C)C(=O)[C@@H](CC(=O)[C@H](C(C)C)N(C)C)[C@H](C)N=[N+]=[N-]. The number of Topliss-reactive ketones (excluding diaryl/α,β-unsaturated/α-hetero) is 2. The van der Waals surface area contributed by atoms with Crippen LogP contribution < -0.4 is 5.73 Å². The molecule has 0 radical (unpaired) electrons. The molecular formula is C41H67N7O7. The molecule has 1 aromatic rings. The number of rotatable bonds is 24. The Kier molecular flexibility index (Phi) is 19.5. The summed E-state index contributed by atoms with van der Waals surface area (Å²) in [6, 6.07) is 7.28. The zero-order valence-corrected chi connectivity index (χ0v) is 35.0. The third-order valence-corrected chi connectivity index (χ3v) is 11.6. The summed E-state index contributed by atoms with van der Waals surface area (Å²) in [5, 5.41) is 3.84. The van der Waals surface area contributed by atoms with Gasteiger partial charge in [-0.25, -0.2) is 0 Å². The van der Waals surface area contributed by atoms with Gasteiger partial charge in [-0.15, -0.1) is 0 Å². The number of hydrogen-bond acceptors (Lipinski definition) is 9. The van der Waals surface area contributed by atoms with Crippen LogP contribution in [-0.2, 0) is 39.9 Å². The van der Waals surface area contributed by atoms with Crippen LogP contribution in [0.3, 0.4) is 0 Å². The second-order valence-corrected chi connectivity index (χ2v) is 15.9. The van der Waals surface area contributed by atoms with Crippen LogP contribution in [0.4, 0.5) is 0 Å². The molecule has 0 spiro atoms. The van der Waals surface area contributed by atoms with E-state index in [4.69, 9.17) is 15.2 Å². The zero-order chi connectivity index (χ0) is 41.6. The van der Waals surface area contributed by atoms with Gasteiger partial charge in [-0.2, -0.15) is 0 Å². The van der Waals surface area contributed by atoms with Crippen LogP contribution in [0.1, 0.15) is 85.6 Å². The van der Waals surface area contributed by atoms with E-state index in [0.29, 0.717) is 25.8 Å². The minimum Gasteiger partial charge on any atom is -0.379 e. The number of hydrogen-bond donors (Lipinski definition) is 1. The first-order valence-electron chi connectivity index (χ1n) is 19.7. The Labute approximate surface area is 328 Å². The fourth-order valence-electron chi connectivity index (χ4n) is 8.42. The van der Waals surface area contributed by atoms with Crippen LogP contribution in [0.15, 0.2) is 35.4 Å². The molecule has 0 aliphatic carbocycles. The lowest BCUT2D eigenvalue weighted by Gasteiger charge is -2.41. The van der Waals surface area contributed by atoms with Crippen molar-refractivity contribution >= 4 is 29.3 Å². The molecule has 0 aromatic heterocycles. The number of ether oxygens (including phenoxy) is 2. The summed E-state index contributed by atoms with van der Waals surface area (Å²) in [5.41, 5.74) is 15.9. The summed E-state index contributed by atoms with van der Waals surface area (Å²) in [6.07, 6.45) is 0.882. The second kappa shape index (κ2) is 22.6. The van der Waals surface area contributed by atoms with Gasteiger partial charge in [-0.05, 0) is 56.3 Å². The van der Waals surface area contributed by atoms with Crippen molar-refractivity contribution in [3.8, 4) is 0 Å². The van der Waals surface area contributed by atoms with Crippen molar-refractivity contribution in [2.45, 2.75) is 123 Å². The van der Waals surface area contributed by atoms with E-state index in [9.17, 15) is 29.5 Å². The van der Waals surface area contributed by atoms with Gasteiger partial charge in [0.15, 0.2) is 5.78 Å². The summed E-state index contributed by atoms with van der Waals surface area (Å²) in [4.78, 5) is 76.3. The van der Waals surface area contributed by atoms with E-state index < -0.39 is 54.0 Å². The number of primary amides is 1. The molecule has 1 aliphatic rings. The van der Waals surface area contributed by atoms with Crippen molar-refractivity contribution in [2.75, 3.05) is 41.9 Å². The molecule has 14 heteroatoms. The standard InChI is InChI=1S/C41H67N7O7/c1-12-26(4)38(47(9)41(53)31(28(6)44-45-43)23-34(50)37(25(2)3)46(7)8)35(54-10)24-36(51)48-20-16-19-32(48)39(55-11)27(5)33(49)22-30(40(42)52)21-29-17-14-13-15-18-29/h13-15,17-18,25-28,30-32,35,37-39H,12,16,19-24H2,1-11H3,(H2,42,52)/t26-,27-,28-,30+,31-,32-,35+,37-,38-,39+/m0/s1. The average Bonchev–Trinajstić information content (AvgIpc) is 3.62. The van der Waals surface area contributed by atoms with Crippen molar-refractivity contribution in [3.05, 3.63) is 46.3 Å². The Bertz CT molecular complexity index is 1460. The molecule has 14 nitrogen and oxygen atoms in total. The highest BCUT2D eigenvalue weighted by Gasteiger charge is 2.43. The third-order valence-electron chi connectivity index (χ3n) is 11.6. The largest absolute Gasteiger partial charge is 0.379 e. The number of ketones is 2. The molecular weight excluding hydrogens is 702 g/mol. The lowest BCUT2D eigenvalue weighted by Crippen LogP contribution is -2.54. The Hall–Kier alpha value is -3.84. The van der Waals surface area contributed by atoms with E-state index in [0.717, 1.165) is 12.0 Å². The minimum atomic E-state index is -0.916. The number of nitrogens with zero attached hydrogens (tertiary/aromatic N) is 6. The van der Waals surface area contributed by atoms with Crippen LogP contribution >= 0.6 is 0 Å². The quantitative estimate of drug-likeness (QED) is 0.0857. The van der Waals surface area contributed by atoms with E-state index >= 15 is 0 Å². The van der Waals surface area contributed by atoms with Gasteiger partial charge >= 0.3 is 0 Å². The molecule has 2 N–H and O–H groups in total. The van der Waals surface area contributed by atoms with Crippen molar-refractivity contribution in [3.63, 3.8) is 0 Å². The van der Waals surface area contributed by atoms with Crippen LogP contribution in [0, 0.1) is 29.6 Å². The Morgan fingerprint density at radius 2 is 1.60 bits per heavy atom. The fraction of sp³-hybridized carbons (Fsp3) is 0.732. The maximum absolute atomic E-state index is 14.4. The normalized spacial score (nSPS) is 19.4. The molecule has 0 unspecified atom stereocenters. The number of benzene rings is 1. The summed E-state index contributed by atoms with van der Waals surface area (Å²) in [6.45, 7) is 11.8. The lowest BCUT2D eigenvalue weighted by molar-refractivity contribution is -0.148. The van der Waals surface area contributed by atoms with Gasteiger partial charge in [0.1, 0.15) is 5.78 Å². The van der Waals surface area contributed by atoms with Crippen LogP contribution in [-0.4, -0.2) is 122 Å². The van der Waals surface area contributed by atoms with E-state index in [-0.39, 0.29) is 60.5 Å². The van der Waals surface area contributed by atoms with E-state index in [2.05, 4.69) is 10.0 Å². The summed E-state index contributed by atoms with van der Waals surface area (Å²) in [5.74, 6) is -3.67. The number of amides is 3. The Balaban J connectivity index is 2.33. The van der Waals surface area contributed by atoms with Gasteiger partial charge in [0.2, 0.25) is 17.7 Å². The lowest BCUT2D eigenvalue weighted by atomic mass is 9.85. The monoisotopic (exact) mass is 770 g/mol. The first-order chi connectivity index (χ1) is 25.9. The zero-order valence-electron chi connectivity index (χ0n) is 35.0. The van der Waals surface area contributed by atoms with E-state index in [1.807, 2.05) is 77.0 Å². The predicted octanol–water partition coefficient (Wildman–Crippen LogP) is 5.07. The molecule has 1 heterocycles. The molecule has 1 fully saturated rings. The Morgan fingerprint density at radius 3 is 2.11 bits per heavy atom. The van der Waals surface area contributed by atoms with Crippen LogP contribution in [0.2, 0.25) is 0 Å². The van der Waals surface area contributed by atoms with Gasteiger partial charge in [-0.3, -0.25) is 28.9 Å². The number of carbonyl (C=O) groups is 5. The molecule has 1 aromatic carbocycles. The Morgan fingerprint density at radius 1 is 0.964 bits per heavy atom. The van der Waals surface area contributed by atoms with Crippen LogP contribution in [0.25, 0.3) is 10.4 Å². The number of likely N-dealkylation sites (tertiary alicyclic amines) is 1.